The summed E-state index contributed by atoms with van der Waals surface area (Å²) in [7, 11) is 0. The number of carbonyl (C=O) groups is 1. The Bertz CT molecular complexity index is 408. The van der Waals surface area contributed by atoms with Gasteiger partial charge in [-0.1, -0.05) is 27.5 Å². The first-order valence-corrected chi connectivity index (χ1v) is 6.64. The number of rotatable bonds is 5. The Balaban J connectivity index is 2.62. The topological polar surface area (TPSA) is 69.6 Å². The SMILES string of the molecule is CC(=O)NCCC(O)C(O)c1cc(Cl)cc(Br)c1. The second-order valence-corrected chi connectivity index (χ2v) is 5.34. The summed E-state index contributed by atoms with van der Waals surface area (Å²) in [6, 6.07) is 4.98. The molecule has 6 heteroatoms. The number of nitrogens with one attached hydrogen (secondary N) is 1. The molecule has 0 bridgehead atoms. The smallest absolute Gasteiger partial charge is 0.216 e. The number of aliphatic hydroxyl groups excluding tert-OH is 2. The van der Waals surface area contributed by atoms with Gasteiger partial charge in [-0.25, -0.2) is 0 Å². The van der Waals surface area contributed by atoms with Gasteiger partial charge in [-0.2, -0.15) is 0 Å². The molecule has 100 valence electrons. The van der Waals surface area contributed by atoms with Gasteiger partial charge in [0.1, 0.15) is 6.10 Å². The summed E-state index contributed by atoms with van der Waals surface area (Å²) >= 11 is 9.13. The highest BCUT2D eigenvalue weighted by Gasteiger charge is 2.18. The summed E-state index contributed by atoms with van der Waals surface area (Å²) in [6.45, 7) is 1.71. The van der Waals surface area contributed by atoms with Gasteiger partial charge in [0.05, 0.1) is 6.10 Å². The molecular formula is C12H15BrClNO3. The normalized spacial score (nSPS) is 14.1. The van der Waals surface area contributed by atoms with Gasteiger partial charge in [-0.05, 0) is 30.2 Å². The minimum Gasteiger partial charge on any atom is -0.390 e. The molecule has 4 nitrogen and oxygen atoms in total. The third kappa shape index (κ3) is 4.94. The fraction of sp³-hybridized carbons (Fsp3) is 0.417. The van der Waals surface area contributed by atoms with Crippen LogP contribution in [-0.2, 0) is 4.79 Å². The van der Waals surface area contributed by atoms with Crippen LogP contribution in [0.25, 0.3) is 0 Å². The van der Waals surface area contributed by atoms with Crippen molar-refractivity contribution >= 4 is 33.4 Å². The van der Waals surface area contributed by atoms with Gasteiger partial charge in [0, 0.05) is 23.0 Å². The predicted molar refractivity (Wildman–Crippen MR) is 73.4 cm³/mol. The molecule has 0 aromatic heterocycles. The first-order valence-electron chi connectivity index (χ1n) is 5.46. The number of carbonyl (C=O) groups excluding carboxylic acids is 1. The van der Waals surface area contributed by atoms with Gasteiger partial charge >= 0.3 is 0 Å². The summed E-state index contributed by atoms with van der Waals surface area (Å²) in [5.74, 6) is -0.165. The van der Waals surface area contributed by atoms with Crippen LogP contribution in [0.15, 0.2) is 22.7 Å². The highest BCUT2D eigenvalue weighted by atomic mass is 79.9. The van der Waals surface area contributed by atoms with Gasteiger partial charge in [0.2, 0.25) is 5.91 Å². The molecule has 0 fully saturated rings. The zero-order chi connectivity index (χ0) is 13.7. The first kappa shape index (κ1) is 15.4. The predicted octanol–water partition coefficient (Wildman–Crippen LogP) is 2.02. The molecule has 2 atom stereocenters. The maximum Gasteiger partial charge on any atom is 0.216 e. The molecule has 0 aliphatic heterocycles. The average Bonchev–Trinajstić information content (AvgIpc) is 2.26. The summed E-state index contributed by atoms with van der Waals surface area (Å²) in [5, 5.41) is 22.8. The Morgan fingerprint density at radius 2 is 2.11 bits per heavy atom. The van der Waals surface area contributed by atoms with Gasteiger partial charge < -0.3 is 15.5 Å². The monoisotopic (exact) mass is 335 g/mol. The number of hydrogen-bond acceptors (Lipinski definition) is 3. The van der Waals surface area contributed by atoms with E-state index in [4.69, 9.17) is 11.6 Å². The quantitative estimate of drug-likeness (QED) is 0.770. The summed E-state index contributed by atoms with van der Waals surface area (Å²) < 4.78 is 0.734. The van der Waals surface area contributed by atoms with Crippen molar-refractivity contribution in [2.75, 3.05) is 6.54 Å². The molecule has 0 aliphatic carbocycles. The number of halogens is 2. The van der Waals surface area contributed by atoms with E-state index in [1.54, 1.807) is 18.2 Å². The van der Waals surface area contributed by atoms with Crippen LogP contribution in [0.5, 0.6) is 0 Å². The van der Waals surface area contributed by atoms with Crippen molar-refractivity contribution in [2.45, 2.75) is 25.6 Å². The lowest BCUT2D eigenvalue weighted by atomic mass is 10.0. The van der Waals surface area contributed by atoms with E-state index in [9.17, 15) is 15.0 Å². The van der Waals surface area contributed by atoms with Crippen molar-refractivity contribution in [1.29, 1.82) is 0 Å². The van der Waals surface area contributed by atoms with Gasteiger partial charge in [0.25, 0.3) is 0 Å². The van der Waals surface area contributed by atoms with Crippen LogP contribution < -0.4 is 5.32 Å². The standard InChI is InChI=1S/C12H15BrClNO3/c1-7(16)15-3-2-11(17)12(18)8-4-9(13)6-10(14)5-8/h4-6,11-12,17-18H,2-3H2,1H3,(H,15,16). The summed E-state index contributed by atoms with van der Waals surface area (Å²) in [5.41, 5.74) is 0.532. The van der Waals surface area contributed by atoms with Crippen LogP contribution in [0.2, 0.25) is 5.02 Å². The molecule has 1 rings (SSSR count). The third-order valence-electron chi connectivity index (χ3n) is 2.40. The van der Waals surface area contributed by atoms with Crippen LogP contribution in [-0.4, -0.2) is 28.8 Å². The molecule has 18 heavy (non-hydrogen) atoms. The van der Waals surface area contributed by atoms with Gasteiger partial charge in [-0.15, -0.1) is 0 Å². The summed E-state index contributed by atoms with van der Waals surface area (Å²) in [6.07, 6.45) is -1.72. The van der Waals surface area contributed by atoms with E-state index in [0.717, 1.165) is 4.47 Å². The third-order valence-corrected chi connectivity index (χ3v) is 3.08. The van der Waals surface area contributed by atoms with Crippen molar-refractivity contribution in [3.63, 3.8) is 0 Å². The second-order valence-electron chi connectivity index (χ2n) is 3.99. The average molecular weight is 337 g/mol. The number of amides is 1. The van der Waals surface area contributed by atoms with Crippen molar-refractivity contribution in [3.8, 4) is 0 Å². The zero-order valence-corrected chi connectivity index (χ0v) is 12.2. The largest absolute Gasteiger partial charge is 0.390 e. The van der Waals surface area contributed by atoms with E-state index in [2.05, 4.69) is 21.2 Å². The molecule has 2 unspecified atom stereocenters. The molecular weight excluding hydrogens is 321 g/mol. The molecule has 0 radical (unpaired) electrons. The Morgan fingerprint density at radius 1 is 1.44 bits per heavy atom. The molecule has 1 aromatic carbocycles. The minimum absolute atomic E-state index is 0.165. The Labute approximate surface area is 119 Å². The Hall–Kier alpha value is -0.620. The van der Waals surface area contributed by atoms with Crippen LogP contribution in [0.1, 0.15) is 25.0 Å². The molecule has 0 saturated heterocycles. The fourth-order valence-corrected chi connectivity index (χ4v) is 2.41. The Kier molecular flexibility index (Phi) is 6.08. The fourth-order valence-electron chi connectivity index (χ4n) is 1.52. The first-order chi connectivity index (χ1) is 8.40. The molecule has 1 aromatic rings. The maximum atomic E-state index is 10.7. The summed E-state index contributed by atoms with van der Waals surface area (Å²) in [4.78, 5) is 10.7. The number of aliphatic hydroxyl groups is 2. The van der Waals surface area contributed by atoms with Crippen molar-refractivity contribution in [2.24, 2.45) is 0 Å². The van der Waals surface area contributed by atoms with Crippen molar-refractivity contribution < 1.29 is 15.0 Å². The highest BCUT2D eigenvalue weighted by Crippen LogP contribution is 2.26. The van der Waals surface area contributed by atoms with E-state index in [0.29, 0.717) is 17.1 Å². The van der Waals surface area contributed by atoms with E-state index in [1.165, 1.54) is 6.92 Å². The van der Waals surface area contributed by atoms with E-state index < -0.39 is 12.2 Å². The van der Waals surface area contributed by atoms with Crippen LogP contribution >= 0.6 is 27.5 Å². The second kappa shape index (κ2) is 7.09. The molecule has 0 spiro atoms. The number of benzene rings is 1. The van der Waals surface area contributed by atoms with Gasteiger partial charge in [-0.3, -0.25) is 4.79 Å². The molecule has 0 aliphatic rings. The van der Waals surface area contributed by atoms with E-state index in [-0.39, 0.29) is 12.3 Å². The molecule has 0 saturated carbocycles. The number of hydrogen-bond donors (Lipinski definition) is 3. The molecule has 1 amide bonds. The van der Waals surface area contributed by atoms with Crippen molar-refractivity contribution in [3.05, 3.63) is 33.3 Å². The maximum absolute atomic E-state index is 10.7. The van der Waals surface area contributed by atoms with Crippen LogP contribution in [0.3, 0.4) is 0 Å². The molecule has 3 N–H and O–H groups in total. The molecule has 0 heterocycles. The lowest BCUT2D eigenvalue weighted by Crippen LogP contribution is -2.27. The highest BCUT2D eigenvalue weighted by molar-refractivity contribution is 9.10. The zero-order valence-electron chi connectivity index (χ0n) is 9.86. The van der Waals surface area contributed by atoms with E-state index in [1.807, 2.05) is 0 Å². The Morgan fingerprint density at radius 3 is 2.67 bits per heavy atom. The lowest BCUT2D eigenvalue weighted by Gasteiger charge is -2.18. The lowest BCUT2D eigenvalue weighted by molar-refractivity contribution is -0.119. The van der Waals surface area contributed by atoms with Gasteiger partial charge in [0.15, 0.2) is 0 Å². The minimum atomic E-state index is -1.03. The van der Waals surface area contributed by atoms with Crippen LogP contribution in [0, 0.1) is 0 Å². The van der Waals surface area contributed by atoms with E-state index >= 15 is 0 Å². The van der Waals surface area contributed by atoms with Crippen LogP contribution in [0.4, 0.5) is 0 Å². The van der Waals surface area contributed by atoms with Crippen molar-refractivity contribution in [1.82, 2.24) is 5.32 Å².